The Labute approximate surface area is 81.5 Å². The third kappa shape index (κ3) is 6.14. The summed E-state index contributed by atoms with van der Waals surface area (Å²) in [5.74, 6) is 0.633. The molecule has 13 heavy (non-hydrogen) atoms. The summed E-state index contributed by atoms with van der Waals surface area (Å²) in [6, 6.07) is 0. The number of carbonyl (C=O) groups is 1. The monoisotopic (exact) mass is 183 g/mol. The van der Waals surface area contributed by atoms with Crippen LogP contribution in [0.4, 0.5) is 0 Å². The Kier molecular flexibility index (Phi) is 10.1. The van der Waals surface area contributed by atoms with Gasteiger partial charge in [0.05, 0.1) is 0 Å². The van der Waals surface area contributed by atoms with Gasteiger partial charge in [-0.2, -0.15) is 0 Å². The number of allylic oxidation sites excluding steroid dienone is 3. The first-order valence-electron chi connectivity index (χ1n) is 4.63. The van der Waals surface area contributed by atoms with Gasteiger partial charge in [0.15, 0.2) is 0 Å². The molecule has 2 nitrogen and oxygen atoms in total. The van der Waals surface area contributed by atoms with Crippen LogP contribution in [0.5, 0.6) is 0 Å². The average molecular weight is 183 g/mol. The van der Waals surface area contributed by atoms with Crippen LogP contribution in [0.1, 0.15) is 34.1 Å². The average Bonchev–Trinajstić information content (AvgIpc) is 2.18. The lowest BCUT2D eigenvalue weighted by molar-refractivity contribution is -0.0979. The standard InChI is InChI=1S/C8H13N.C2H6.CH2O/c1-6-3-4-7(2)8(9)5-6;2*1-2/h4-6H,3,9H2,1-2H3;1-2H3;1H2. The molecule has 0 bridgehead atoms. The maximum Gasteiger partial charge on any atom is 0.106 e. The number of hydrogen-bond acceptors (Lipinski definition) is 2. The molecule has 0 spiro atoms. The zero-order chi connectivity index (χ0) is 10.9. The summed E-state index contributed by atoms with van der Waals surface area (Å²) in [5.41, 5.74) is 7.84. The van der Waals surface area contributed by atoms with Crippen molar-refractivity contribution in [3.63, 3.8) is 0 Å². The maximum absolute atomic E-state index is 8.00. The first-order chi connectivity index (χ1) is 6.20. The molecule has 1 aliphatic carbocycles. The molecule has 0 amide bonds. The number of hydrogen-bond donors (Lipinski definition) is 1. The van der Waals surface area contributed by atoms with E-state index in [2.05, 4.69) is 26.0 Å². The van der Waals surface area contributed by atoms with Crippen LogP contribution >= 0.6 is 0 Å². The quantitative estimate of drug-likeness (QED) is 0.627. The highest BCUT2D eigenvalue weighted by Crippen LogP contribution is 2.17. The Morgan fingerprint density at radius 3 is 2.23 bits per heavy atom. The fraction of sp³-hybridized carbons (Fsp3) is 0.545. The van der Waals surface area contributed by atoms with E-state index in [4.69, 9.17) is 10.5 Å². The van der Waals surface area contributed by atoms with Crippen molar-refractivity contribution < 1.29 is 4.79 Å². The second-order valence-corrected chi connectivity index (χ2v) is 2.72. The van der Waals surface area contributed by atoms with Crippen molar-refractivity contribution >= 4 is 6.79 Å². The molecule has 0 heterocycles. The van der Waals surface area contributed by atoms with E-state index in [1.54, 1.807) is 0 Å². The van der Waals surface area contributed by atoms with Gasteiger partial charge in [0.25, 0.3) is 0 Å². The topological polar surface area (TPSA) is 43.1 Å². The second kappa shape index (κ2) is 9.04. The Morgan fingerprint density at radius 1 is 1.46 bits per heavy atom. The van der Waals surface area contributed by atoms with E-state index in [0.717, 1.165) is 12.1 Å². The molecule has 0 aromatic heterocycles. The molecule has 2 heteroatoms. The minimum atomic E-state index is 0.633. The number of rotatable bonds is 0. The molecule has 0 aromatic rings. The summed E-state index contributed by atoms with van der Waals surface area (Å²) in [4.78, 5) is 8.00. The van der Waals surface area contributed by atoms with E-state index in [1.165, 1.54) is 5.57 Å². The molecule has 76 valence electrons. The molecule has 1 rings (SSSR count). The summed E-state index contributed by atoms with van der Waals surface area (Å²) >= 11 is 0. The molecular formula is C11H21NO. The molecule has 1 unspecified atom stereocenters. The van der Waals surface area contributed by atoms with E-state index in [0.29, 0.717) is 5.92 Å². The molecule has 0 aliphatic heterocycles. The molecular weight excluding hydrogens is 162 g/mol. The van der Waals surface area contributed by atoms with Gasteiger partial charge in [-0.05, 0) is 24.8 Å². The van der Waals surface area contributed by atoms with Gasteiger partial charge in [-0.3, -0.25) is 0 Å². The number of carbonyl (C=O) groups excluding carboxylic acids is 1. The van der Waals surface area contributed by atoms with Gasteiger partial charge in [-0.1, -0.05) is 32.9 Å². The Balaban J connectivity index is 0. The van der Waals surface area contributed by atoms with Crippen molar-refractivity contribution in [2.24, 2.45) is 11.7 Å². The van der Waals surface area contributed by atoms with E-state index in [9.17, 15) is 0 Å². The molecule has 1 atom stereocenters. The smallest absolute Gasteiger partial charge is 0.106 e. The number of nitrogens with two attached hydrogens (primary N) is 1. The fourth-order valence-corrected chi connectivity index (χ4v) is 0.987. The van der Waals surface area contributed by atoms with Crippen LogP contribution in [0.15, 0.2) is 23.4 Å². The highest BCUT2D eigenvalue weighted by Gasteiger charge is 2.04. The summed E-state index contributed by atoms with van der Waals surface area (Å²) < 4.78 is 0. The minimum absolute atomic E-state index is 0.633. The highest BCUT2D eigenvalue weighted by atomic mass is 16.1. The summed E-state index contributed by atoms with van der Waals surface area (Å²) in [6.45, 7) is 10.2. The predicted octanol–water partition coefficient (Wildman–Crippen LogP) is 2.66. The maximum atomic E-state index is 8.00. The second-order valence-electron chi connectivity index (χ2n) is 2.72. The van der Waals surface area contributed by atoms with Crippen molar-refractivity contribution in [3.05, 3.63) is 23.4 Å². The first kappa shape index (κ1) is 14.5. The molecule has 0 radical (unpaired) electrons. The highest BCUT2D eigenvalue weighted by molar-refractivity contribution is 5.29. The Hall–Kier alpha value is -1.05. The lowest BCUT2D eigenvalue weighted by Gasteiger charge is -2.12. The van der Waals surface area contributed by atoms with Crippen molar-refractivity contribution in [1.29, 1.82) is 0 Å². The molecule has 1 aliphatic rings. The van der Waals surface area contributed by atoms with Crippen LogP contribution in [-0.4, -0.2) is 6.79 Å². The normalized spacial score (nSPS) is 19.5. The lowest BCUT2D eigenvalue weighted by atomic mass is 9.97. The summed E-state index contributed by atoms with van der Waals surface area (Å²) in [7, 11) is 0. The van der Waals surface area contributed by atoms with E-state index >= 15 is 0 Å². The van der Waals surface area contributed by atoms with Crippen LogP contribution in [0, 0.1) is 5.92 Å². The van der Waals surface area contributed by atoms with Crippen LogP contribution < -0.4 is 5.73 Å². The van der Waals surface area contributed by atoms with Gasteiger partial charge in [-0.25, -0.2) is 0 Å². The summed E-state index contributed by atoms with van der Waals surface area (Å²) in [5, 5.41) is 0. The molecule has 0 saturated carbocycles. The molecule has 0 aromatic carbocycles. The van der Waals surface area contributed by atoms with Gasteiger partial charge in [0.2, 0.25) is 0 Å². The summed E-state index contributed by atoms with van der Waals surface area (Å²) in [6.07, 6.45) is 5.46. The van der Waals surface area contributed by atoms with E-state index < -0.39 is 0 Å². The van der Waals surface area contributed by atoms with Crippen molar-refractivity contribution in [2.75, 3.05) is 0 Å². The van der Waals surface area contributed by atoms with Crippen LogP contribution in [0.2, 0.25) is 0 Å². The Bertz CT molecular complexity index is 183. The third-order valence-electron chi connectivity index (χ3n) is 1.72. The zero-order valence-corrected chi connectivity index (χ0v) is 9.13. The van der Waals surface area contributed by atoms with Gasteiger partial charge in [0, 0.05) is 5.70 Å². The molecule has 0 saturated heterocycles. The SMILES string of the molecule is C=O.CC.CC1=CCC(C)C=C1N. The lowest BCUT2D eigenvalue weighted by Crippen LogP contribution is -2.06. The van der Waals surface area contributed by atoms with E-state index in [1.807, 2.05) is 20.6 Å². The molecule has 0 fully saturated rings. The zero-order valence-electron chi connectivity index (χ0n) is 9.13. The van der Waals surface area contributed by atoms with E-state index in [-0.39, 0.29) is 0 Å². The van der Waals surface area contributed by atoms with Gasteiger partial charge < -0.3 is 10.5 Å². The van der Waals surface area contributed by atoms with Gasteiger partial charge in [0.1, 0.15) is 6.79 Å². The van der Waals surface area contributed by atoms with Crippen molar-refractivity contribution in [1.82, 2.24) is 0 Å². The van der Waals surface area contributed by atoms with Crippen LogP contribution in [0.3, 0.4) is 0 Å². The predicted molar refractivity (Wildman–Crippen MR) is 58.3 cm³/mol. The Morgan fingerprint density at radius 2 is 1.92 bits per heavy atom. The largest absolute Gasteiger partial charge is 0.399 e. The van der Waals surface area contributed by atoms with Crippen molar-refractivity contribution in [2.45, 2.75) is 34.1 Å². The van der Waals surface area contributed by atoms with Crippen molar-refractivity contribution in [3.8, 4) is 0 Å². The van der Waals surface area contributed by atoms with Crippen LogP contribution in [0.25, 0.3) is 0 Å². The van der Waals surface area contributed by atoms with Crippen LogP contribution in [-0.2, 0) is 4.79 Å². The van der Waals surface area contributed by atoms with Gasteiger partial charge in [-0.15, -0.1) is 0 Å². The fourth-order valence-electron chi connectivity index (χ4n) is 0.987. The first-order valence-corrected chi connectivity index (χ1v) is 4.63. The third-order valence-corrected chi connectivity index (χ3v) is 1.72. The minimum Gasteiger partial charge on any atom is -0.399 e. The molecule has 2 N–H and O–H groups in total. The van der Waals surface area contributed by atoms with Gasteiger partial charge >= 0.3 is 0 Å².